The van der Waals surface area contributed by atoms with Crippen molar-refractivity contribution in [2.24, 2.45) is 10.7 Å². The Hall–Kier alpha value is -3.99. The Morgan fingerprint density at radius 2 is 1.83 bits per heavy atom. The van der Waals surface area contributed by atoms with Gasteiger partial charge in [0.25, 0.3) is 0 Å². The van der Waals surface area contributed by atoms with E-state index in [1.54, 1.807) is 45.9 Å². The molecule has 1 aliphatic carbocycles. The van der Waals surface area contributed by atoms with Crippen LogP contribution in [0.4, 0.5) is 38.9 Å². The monoisotopic (exact) mass is 798 g/mol. The lowest BCUT2D eigenvalue weighted by Gasteiger charge is -2.43. The van der Waals surface area contributed by atoms with E-state index in [-0.39, 0.29) is 11.9 Å². The second kappa shape index (κ2) is 16.8. The summed E-state index contributed by atoms with van der Waals surface area (Å²) in [5, 5.41) is 6.30. The van der Waals surface area contributed by atoms with E-state index in [0.29, 0.717) is 64.5 Å². The Kier molecular flexibility index (Phi) is 12.2. The highest BCUT2D eigenvalue weighted by atomic mass is 79.9. The van der Waals surface area contributed by atoms with Gasteiger partial charge in [-0.1, -0.05) is 12.1 Å². The molecule has 0 atom stereocenters. The lowest BCUT2D eigenvalue weighted by atomic mass is 9.98. The van der Waals surface area contributed by atoms with Gasteiger partial charge in [0.15, 0.2) is 0 Å². The predicted octanol–water partition coefficient (Wildman–Crippen LogP) is 5.22. The van der Waals surface area contributed by atoms with E-state index in [4.69, 9.17) is 15.5 Å². The first-order valence-corrected chi connectivity index (χ1v) is 19.9. The van der Waals surface area contributed by atoms with E-state index in [1.807, 2.05) is 30.3 Å². The summed E-state index contributed by atoms with van der Waals surface area (Å²) in [6.45, 7) is 5.72. The van der Waals surface area contributed by atoms with Gasteiger partial charge in [-0.15, -0.1) is 0 Å². The summed E-state index contributed by atoms with van der Waals surface area (Å²) in [5.74, 6) is 1.35. The molecule has 3 aromatic rings. The molecule has 1 saturated carbocycles. The number of aromatic nitrogens is 2. The first-order valence-electron chi connectivity index (χ1n) is 17.6. The average Bonchev–Trinajstić information content (AvgIpc) is 4.03. The number of piperazine rings is 1. The molecule has 16 heteroatoms. The number of benzene rings is 2. The Balaban J connectivity index is 1.24. The molecule has 280 valence electrons. The molecule has 0 spiro atoms. The number of alkyl halides is 1. The minimum atomic E-state index is -3.46. The average molecular weight is 800 g/mol. The number of piperidine rings is 1. The summed E-state index contributed by atoms with van der Waals surface area (Å²) in [4.78, 5) is 20.7. The van der Waals surface area contributed by atoms with E-state index < -0.39 is 10.0 Å². The SMILES string of the molecule is CN=CC(=CN)c1cc(Nc2ncc(Br)c(Nc3ccccc3N(C)S(=O)(=O)C3CC3)n2)c(OC)cc1N1CCC(N2CCN(CCF)CC2)CC1. The molecule has 1 aromatic heterocycles. The normalized spacial score (nSPS) is 18.2. The van der Waals surface area contributed by atoms with Gasteiger partial charge in [0.05, 0.1) is 33.9 Å². The largest absolute Gasteiger partial charge is 0.494 e. The van der Waals surface area contributed by atoms with E-state index in [9.17, 15) is 12.8 Å². The lowest BCUT2D eigenvalue weighted by Crippen LogP contribution is -2.53. The lowest BCUT2D eigenvalue weighted by molar-refractivity contribution is 0.0816. The third-order valence-electron chi connectivity index (χ3n) is 10.0. The van der Waals surface area contributed by atoms with Crippen molar-refractivity contribution in [2.75, 3.05) is 93.5 Å². The van der Waals surface area contributed by atoms with Crippen LogP contribution < -0.4 is 30.3 Å². The summed E-state index contributed by atoms with van der Waals surface area (Å²) < 4.78 is 46.8. The van der Waals surface area contributed by atoms with Crippen LogP contribution in [0.15, 0.2) is 58.3 Å². The summed E-state index contributed by atoms with van der Waals surface area (Å²) in [6, 6.07) is 11.7. The molecule has 0 bridgehead atoms. The van der Waals surface area contributed by atoms with E-state index >= 15 is 0 Å². The van der Waals surface area contributed by atoms with Gasteiger partial charge in [0.1, 0.15) is 18.2 Å². The van der Waals surface area contributed by atoms with Crippen molar-refractivity contribution in [2.45, 2.75) is 37.0 Å². The maximum atomic E-state index is 13.1. The van der Waals surface area contributed by atoms with Crippen LogP contribution in [0.2, 0.25) is 0 Å². The Bertz CT molecular complexity index is 1880. The number of halogens is 2. The quantitative estimate of drug-likeness (QED) is 0.185. The molecular weight excluding hydrogens is 751 g/mol. The van der Waals surface area contributed by atoms with Crippen molar-refractivity contribution in [1.82, 2.24) is 19.8 Å². The van der Waals surface area contributed by atoms with Crippen molar-refractivity contribution in [3.05, 3.63) is 58.8 Å². The van der Waals surface area contributed by atoms with Crippen molar-refractivity contribution >= 4 is 72.3 Å². The van der Waals surface area contributed by atoms with Gasteiger partial charge in [-0.2, -0.15) is 4.98 Å². The number of para-hydroxylation sites is 2. The molecule has 3 aliphatic rings. The smallest absolute Gasteiger partial charge is 0.237 e. The number of methoxy groups -OCH3 is 1. The molecule has 2 aromatic carbocycles. The first-order chi connectivity index (χ1) is 25.2. The van der Waals surface area contributed by atoms with Gasteiger partial charge in [-0.25, -0.2) is 17.8 Å². The Morgan fingerprint density at radius 3 is 2.48 bits per heavy atom. The molecule has 13 nitrogen and oxygen atoms in total. The van der Waals surface area contributed by atoms with Crippen LogP contribution in [0.5, 0.6) is 5.75 Å². The molecule has 2 aliphatic heterocycles. The minimum Gasteiger partial charge on any atom is -0.494 e. The molecule has 0 amide bonds. The number of anilines is 6. The van der Waals surface area contributed by atoms with Gasteiger partial charge in [0, 0.05) is 107 Å². The summed E-state index contributed by atoms with van der Waals surface area (Å²) in [6.07, 6.45) is 8.32. The zero-order valence-corrected chi connectivity index (χ0v) is 32.3. The van der Waals surface area contributed by atoms with E-state index in [0.717, 1.165) is 68.9 Å². The highest BCUT2D eigenvalue weighted by Crippen LogP contribution is 2.40. The number of rotatable bonds is 14. The number of sulfonamides is 1. The van der Waals surface area contributed by atoms with Crippen LogP contribution in [0.25, 0.3) is 5.57 Å². The number of nitrogens with zero attached hydrogens (tertiary/aromatic N) is 7. The van der Waals surface area contributed by atoms with Crippen molar-refractivity contribution in [3.63, 3.8) is 0 Å². The molecule has 3 heterocycles. The maximum absolute atomic E-state index is 13.1. The molecule has 0 radical (unpaired) electrons. The van der Waals surface area contributed by atoms with E-state index in [1.165, 1.54) is 4.31 Å². The number of hydrogen-bond donors (Lipinski definition) is 3. The van der Waals surface area contributed by atoms with Crippen molar-refractivity contribution < 1.29 is 17.5 Å². The van der Waals surface area contributed by atoms with Crippen LogP contribution in [-0.4, -0.2) is 119 Å². The van der Waals surface area contributed by atoms with Crippen molar-refractivity contribution in [3.8, 4) is 5.75 Å². The Morgan fingerprint density at radius 1 is 1.10 bits per heavy atom. The highest BCUT2D eigenvalue weighted by Gasteiger charge is 2.39. The summed E-state index contributed by atoms with van der Waals surface area (Å²) >= 11 is 3.55. The van der Waals surface area contributed by atoms with Crippen LogP contribution >= 0.6 is 15.9 Å². The number of nitrogens with two attached hydrogens (primary N) is 1. The minimum absolute atomic E-state index is 0.294. The molecule has 6 rings (SSSR count). The van der Waals surface area contributed by atoms with Gasteiger partial charge in [-0.3, -0.25) is 19.1 Å². The maximum Gasteiger partial charge on any atom is 0.237 e. The van der Waals surface area contributed by atoms with Crippen LogP contribution in [0.1, 0.15) is 31.2 Å². The number of hydrogen-bond acceptors (Lipinski definition) is 12. The van der Waals surface area contributed by atoms with Gasteiger partial charge in [0.2, 0.25) is 16.0 Å². The number of aliphatic imine (C=N–C) groups is 1. The third-order valence-corrected chi connectivity index (χ3v) is 12.9. The van der Waals surface area contributed by atoms with Crippen LogP contribution in [0, 0.1) is 0 Å². The summed E-state index contributed by atoms with van der Waals surface area (Å²) in [7, 11) is 1.47. The third kappa shape index (κ3) is 8.45. The fourth-order valence-electron chi connectivity index (χ4n) is 6.96. The standard InChI is InChI=1S/C36H48BrFN10O3S/c1-40-23-25(22-39)28-20-31(34(51-3)21-33(28)48-13-10-26(11-14-48)47-18-16-46(15-12-38)17-19-47)43-36-41-24-29(37)35(44-36)42-30-6-4-5-7-32(30)45(2)52(49,50)27-8-9-27/h4-7,20-24,26-27H,8-19,39H2,1-3H3,(H2,41,42,43,44). The van der Waals surface area contributed by atoms with E-state index in [2.05, 4.69) is 51.2 Å². The Labute approximate surface area is 314 Å². The molecule has 52 heavy (non-hydrogen) atoms. The summed E-state index contributed by atoms with van der Waals surface area (Å²) in [5.41, 5.74) is 10.6. The van der Waals surface area contributed by atoms with Gasteiger partial charge < -0.3 is 26.0 Å². The first kappa shape index (κ1) is 37.8. The molecule has 0 unspecified atom stereocenters. The molecular formula is C36H48BrFN10O3S. The fourth-order valence-corrected chi connectivity index (χ4v) is 8.86. The second-order valence-corrected chi connectivity index (χ2v) is 16.3. The predicted molar refractivity (Wildman–Crippen MR) is 212 cm³/mol. The zero-order chi connectivity index (χ0) is 36.8. The van der Waals surface area contributed by atoms with Gasteiger partial charge in [-0.05, 0) is 59.8 Å². The molecule has 4 N–H and O–H groups in total. The molecule has 2 saturated heterocycles. The van der Waals surface area contributed by atoms with Crippen molar-refractivity contribution in [1.29, 1.82) is 0 Å². The second-order valence-electron chi connectivity index (χ2n) is 13.2. The zero-order valence-electron chi connectivity index (χ0n) is 29.9. The number of allylic oxidation sites excluding steroid dienone is 1. The van der Waals surface area contributed by atoms with Gasteiger partial charge >= 0.3 is 0 Å². The topological polar surface area (TPSA) is 145 Å². The number of ether oxygens (including phenoxy) is 1. The highest BCUT2D eigenvalue weighted by molar-refractivity contribution is 9.10. The molecule has 3 fully saturated rings. The van der Waals surface area contributed by atoms with Crippen LogP contribution in [0.3, 0.4) is 0 Å². The van der Waals surface area contributed by atoms with Crippen LogP contribution in [-0.2, 0) is 10.0 Å². The fraction of sp³-hybridized carbons (Fsp3) is 0.472. The number of nitrogens with one attached hydrogen (secondary N) is 2.